The molecule has 1 aliphatic rings. The molecule has 114 valence electrons. The third-order valence-corrected chi connectivity index (χ3v) is 3.82. The van der Waals surface area contributed by atoms with Crippen LogP contribution in [0.25, 0.3) is 0 Å². The fourth-order valence-electron chi connectivity index (χ4n) is 2.69. The molecule has 0 aromatic heterocycles. The van der Waals surface area contributed by atoms with Crippen LogP contribution in [0.3, 0.4) is 0 Å². The summed E-state index contributed by atoms with van der Waals surface area (Å²) < 4.78 is 0. The summed E-state index contributed by atoms with van der Waals surface area (Å²) in [5.74, 6) is -1.09. The van der Waals surface area contributed by atoms with Crippen molar-refractivity contribution in [3.05, 3.63) is 35.4 Å². The Morgan fingerprint density at radius 3 is 2.67 bits per heavy atom. The minimum Gasteiger partial charge on any atom is -0.480 e. The SMILES string of the molecule is Cc1ccccc1C(C)NC(=O)N1CC(O)C[C@H]1C(=O)O. The predicted octanol–water partition coefficient (Wildman–Crippen LogP) is 1.29. The number of amides is 2. The quantitative estimate of drug-likeness (QED) is 0.783. The molecular weight excluding hydrogens is 272 g/mol. The number of rotatable bonds is 3. The van der Waals surface area contributed by atoms with Gasteiger partial charge < -0.3 is 20.4 Å². The van der Waals surface area contributed by atoms with Crippen LogP contribution >= 0.6 is 0 Å². The Kier molecular flexibility index (Phi) is 4.47. The Morgan fingerprint density at radius 2 is 2.05 bits per heavy atom. The first-order valence-corrected chi connectivity index (χ1v) is 6.93. The maximum absolute atomic E-state index is 12.2. The lowest BCUT2D eigenvalue weighted by Gasteiger charge is -2.25. The zero-order valence-electron chi connectivity index (χ0n) is 12.1. The second kappa shape index (κ2) is 6.13. The zero-order chi connectivity index (χ0) is 15.6. The van der Waals surface area contributed by atoms with Gasteiger partial charge in [0.05, 0.1) is 12.1 Å². The van der Waals surface area contributed by atoms with Crippen LogP contribution in [0.4, 0.5) is 4.79 Å². The molecule has 0 bridgehead atoms. The summed E-state index contributed by atoms with van der Waals surface area (Å²) in [6.45, 7) is 3.85. The fraction of sp³-hybridized carbons (Fsp3) is 0.467. The molecule has 2 rings (SSSR count). The Morgan fingerprint density at radius 1 is 1.38 bits per heavy atom. The first-order valence-electron chi connectivity index (χ1n) is 6.93. The van der Waals surface area contributed by atoms with Crippen molar-refractivity contribution >= 4 is 12.0 Å². The molecule has 0 spiro atoms. The summed E-state index contributed by atoms with van der Waals surface area (Å²) in [6.07, 6.45) is -0.716. The number of carboxylic acid groups (broad SMARTS) is 1. The number of carboxylic acids is 1. The summed E-state index contributed by atoms with van der Waals surface area (Å²) >= 11 is 0. The number of carbonyl (C=O) groups excluding carboxylic acids is 1. The van der Waals surface area contributed by atoms with Gasteiger partial charge in [-0.1, -0.05) is 24.3 Å². The van der Waals surface area contributed by atoms with Crippen molar-refractivity contribution in [2.45, 2.75) is 38.5 Å². The van der Waals surface area contributed by atoms with Gasteiger partial charge in [0.1, 0.15) is 6.04 Å². The maximum Gasteiger partial charge on any atom is 0.326 e. The van der Waals surface area contributed by atoms with Gasteiger partial charge in [-0.2, -0.15) is 0 Å². The van der Waals surface area contributed by atoms with Crippen molar-refractivity contribution in [1.29, 1.82) is 0 Å². The van der Waals surface area contributed by atoms with Crippen LogP contribution < -0.4 is 5.32 Å². The Hall–Kier alpha value is -2.08. The van der Waals surface area contributed by atoms with Crippen LogP contribution in [0.5, 0.6) is 0 Å². The molecule has 3 atom stereocenters. The summed E-state index contributed by atoms with van der Waals surface area (Å²) in [5.41, 5.74) is 2.04. The van der Waals surface area contributed by atoms with E-state index in [2.05, 4.69) is 5.32 Å². The van der Waals surface area contributed by atoms with Crippen molar-refractivity contribution in [2.24, 2.45) is 0 Å². The van der Waals surface area contributed by atoms with Crippen molar-refractivity contribution < 1.29 is 19.8 Å². The molecule has 1 aromatic rings. The smallest absolute Gasteiger partial charge is 0.326 e. The number of urea groups is 1. The number of benzene rings is 1. The van der Waals surface area contributed by atoms with Gasteiger partial charge in [0.2, 0.25) is 0 Å². The number of nitrogens with zero attached hydrogens (tertiary/aromatic N) is 1. The van der Waals surface area contributed by atoms with Crippen LogP contribution in [0.2, 0.25) is 0 Å². The fourth-order valence-corrected chi connectivity index (χ4v) is 2.69. The standard InChI is InChI=1S/C15H20N2O4/c1-9-5-3-4-6-12(9)10(2)16-15(21)17-8-11(18)7-13(17)14(19)20/h3-6,10-11,13,18H,7-8H2,1-2H3,(H,16,21)(H,19,20)/t10?,11?,13-/m0/s1. The molecule has 2 amide bonds. The number of carbonyl (C=O) groups is 2. The Bertz CT molecular complexity index is 546. The Balaban J connectivity index is 2.07. The number of aryl methyl sites for hydroxylation is 1. The zero-order valence-corrected chi connectivity index (χ0v) is 12.1. The molecule has 2 unspecified atom stereocenters. The van der Waals surface area contributed by atoms with Gasteiger partial charge in [0.15, 0.2) is 0 Å². The van der Waals surface area contributed by atoms with E-state index in [0.717, 1.165) is 11.1 Å². The van der Waals surface area contributed by atoms with Gasteiger partial charge in [-0.25, -0.2) is 9.59 Å². The van der Waals surface area contributed by atoms with E-state index in [-0.39, 0.29) is 19.0 Å². The molecule has 6 nitrogen and oxygen atoms in total. The van der Waals surface area contributed by atoms with Crippen molar-refractivity contribution in [3.8, 4) is 0 Å². The molecule has 3 N–H and O–H groups in total. The third-order valence-electron chi connectivity index (χ3n) is 3.82. The van der Waals surface area contributed by atoms with Crippen molar-refractivity contribution in [3.63, 3.8) is 0 Å². The van der Waals surface area contributed by atoms with Crippen LogP contribution in [-0.4, -0.2) is 45.8 Å². The molecule has 0 radical (unpaired) electrons. The van der Waals surface area contributed by atoms with Crippen LogP contribution in [0.1, 0.15) is 30.5 Å². The summed E-state index contributed by atoms with van der Waals surface area (Å²) in [7, 11) is 0. The summed E-state index contributed by atoms with van der Waals surface area (Å²) in [5, 5.41) is 21.5. The van der Waals surface area contributed by atoms with Crippen LogP contribution in [0, 0.1) is 6.92 Å². The number of aliphatic hydroxyl groups excluding tert-OH is 1. The topological polar surface area (TPSA) is 89.9 Å². The molecule has 1 heterocycles. The number of hydrogen-bond donors (Lipinski definition) is 3. The van der Waals surface area contributed by atoms with Gasteiger partial charge in [0.25, 0.3) is 0 Å². The number of aliphatic carboxylic acids is 1. The summed E-state index contributed by atoms with van der Waals surface area (Å²) in [6, 6.07) is 6.03. The lowest BCUT2D eigenvalue weighted by molar-refractivity contribution is -0.141. The van der Waals surface area contributed by atoms with E-state index in [1.54, 1.807) is 0 Å². The maximum atomic E-state index is 12.2. The molecular formula is C15H20N2O4. The van der Waals surface area contributed by atoms with E-state index in [4.69, 9.17) is 5.11 Å². The normalized spacial score (nSPS) is 22.9. The lowest BCUT2D eigenvalue weighted by Crippen LogP contribution is -2.46. The van der Waals surface area contributed by atoms with Crippen LogP contribution in [0.15, 0.2) is 24.3 Å². The van der Waals surface area contributed by atoms with E-state index in [9.17, 15) is 14.7 Å². The second-order valence-corrected chi connectivity index (χ2v) is 5.42. The first kappa shape index (κ1) is 15.3. The Labute approximate surface area is 123 Å². The molecule has 1 aromatic carbocycles. The largest absolute Gasteiger partial charge is 0.480 e. The summed E-state index contributed by atoms with van der Waals surface area (Å²) in [4.78, 5) is 24.6. The first-order chi connectivity index (χ1) is 9.90. The minimum absolute atomic E-state index is 0.0449. The number of hydrogen-bond acceptors (Lipinski definition) is 3. The molecule has 0 aliphatic carbocycles. The predicted molar refractivity (Wildman–Crippen MR) is 76.9 cm³/mol. The number of likely N-dealkylation sites (tertiary alicyclic amines) is 1. The highest BCUT2D eigenvalue weighted by Crippen LogP contribution is 2.21. The molecule has 0 saturated carbocycles. The van der Waals surface area contributed by atoms with Gasteiger partial charge in [0, 0.05) is 13.0 Å². The number of nitrogens with one attached hydrogen (secondary N) is 1. The van der Waals surface area contributed by atoms with Crippen LogP contribution in [-0.2, 0) is 4.79 Å². The highest BCUT2D eigenvalue weighted by molar-refractivity contribution is 5.83. The van der Waals surface area contributed by atoms with E-state index in [1.165, 1.54) is 4.90 Å². The van der Waals surface area contributed by atoms with E-state index < -0.39 is 24.1 Å². The van der Waals surface area contributed by atoms with Gasteiger partial charge in [-0.05, 0) is 25.0 Å². The van der Waals surface area contributed by atoms with Gasteiger partial charge >= 0.3 is 12.0 Å². The molecule has 1 saturated heterocycles. The highest BCUT2D eigenvalue weighted by atomic mass is 16.4. The minimum atomic E-state index is -1.09. The number of β-amino-alcohol motifs (C(OH)–C–C–N with tert-alkyl or cyclic N) is 1. The third kappa shape index (κ3) is 3.33. The molecule has 1 fully saturated rings. The van der Waals surface area contributed by atoms with Crippen molar-refractivity contribution in [2.75, 3.05) is 6.54 Å². The van der Waals surface area contributed by atoms with E-state index >= 15 is 0 Å². The van der Waals surface area contributed by atoms with Gasteiger partial charge in [-0.3, -0.25) is 0 Å². The highest BCUT2D eigenvalue weighted by Gasteiger charge is 2.39. The van der Waals surface area contributed by atoms with E-state index in [0.29, 0.717) is 0 Å². The van der Waals surface area contributed by atoms with Gasteiger partial charge in [-0.15, -0.1) is 0 Å². The average Bonchev–Trinajstić information content (AvgIpc) is 2.81. The monoisotopic (exact) mass is 292 g/mol. The number of aliphatic hydroxyl groups is 1. The van der Waals surface area contributed by atoms with E-state index in [1.807, 2.05) is 38.1 Å². The molecule has 1 aliphatic heterocycles. The molecule has 6 heteroatoms. The lowest BCUT2D eigenvalue weighted by atomic mass is 10.0. The second-order valence-electron chi connectivity index (χ2n) is 5.42. The average molecular weight is 292 g/mol. The van der Waals surface area contributed by atoms with Crippen molar-refractivity contribution in [1.82, 2.24) is 10.2 Å². The molecule has 21 heavy (non-hydrogen) atoms.